The lowest BCUT2D eigenvalue weighted by atomic mass is 10.0. The Morgan fingerprint density at radius 2 is 1.80 bits per heavy atom. The smallest absolute Gasteiger partial charge is 0.259 e. The highest BCUT2D eigenvalue weighted by atomic mass is 16.5. The second kappa shape index (κ2) is 10.0. The zero-order valence-corrected chi connectivity index (χ0v) is 16.2. The van der Waals surface area contributed by atoms with Crippen LogP contribution in [0.25, 0.3) is 0 Å². The summed E-state index contributed by atoms with van der Waals surface area (Å²) in [5, 5.41) is 3.06. The Kier molecular flexibility index (Phi) is 8.41. The van der Waals surface area contributed by atoms with E-state index in [0.717, 1.165) is 12.0 Å². The number of hydrogen-bond donors (Lipinski definition) is 1. The molecule has 1 rings (SSSR count). The molecule has 1 N–H and O–H groups in total. The number of nitrogens with zero attached hydrogens (tertiary/aromatic N) is 2. The van der Waals surface area contributed by atoms with Crippen LogP contribution in [0.2, 0.25) is 0 Å². The van der Waals surface area contributed by atoms with Crippen molar-refractivity contribution in [3.8, 4) is 5.75 Å². The molecule has 140 valence electrons. The van der Waals surface area contributed by atoms with Gasteiger partial charge >= 0.3 is 0 Å². The number of likely N-dealkylation sites (N-methyl/N-ethyl adjacent to an activating group) is 2. The third kappa shape index (κ3) is 6.74. The SMILES string of the molecule is CC[C@@H](NC(=O)CN(C)C(C)C)c1ccccc1OCC(=O)N(C)C. The van der Waals surface area contributed by atoms with Crippen LogP contribution in [0.5, 0.6) is 5.75 Å². The minimum Gasteiger partial charge on any atom is -0.483 e. The van der Waals surface area contributed by atoms with Crippen LogP contribution in [0.4, 0.5) is 0 Å². The Bertz CT molecular complexity index is 573. The fourth-order valence-corrected chi connectivity index (χ4v) is 2.22. The van der Waals surface area contributed by atoms with E-state index >= 15 is 0 Å². The summed E-state index contributed by atoms with van der Waals surface area (Å²) in [4.78, 5) is 27.5. The maximum atomic E-state index is 12.3. The molecule has 1 atom stereocenters. The molecule has 0 bridgehead atoms. The van der Waals surface area contributed by atoms with Crippen molar-refractivity contribution in [2.24, 2.45) is 0 Å². The van der Waals surface area contributed by atoms with Gasteiger partial charge in [-0.1, -0.05) is 25.1 Å². The van der Waals surface area contributed by atoms with E-state index in [1.54, 1.807) is 14.1 Å². The molecule has 25 heavy (non-hydrogen) atoms. The number of rotatable bonds is 9. The number of ether oxygens (including phenoxy) is 1. The summed E-state index contributed by atoms with van der Waals surface area (Å²) in [5.74, 6) is 0.495. The highest BCUT2D eigenvalue weighted by Crippen LogP contribution is 2.27. The third-order valence-electron chi connectivity index (χ3n) is 4.16. The Balaban J connectivity index is 2.82. The summed E-state index contributed by atoms with van der Waals surface area (Å²) in [7, 11) is 5.31. The molecule has 6 heteroatoms. The van der Waals surface area contributed by atoms with E-state index in [1.165, 1.54) is 4.90 Å². The monoisotopic (exact) mass is 349 g/mol. The van der Waals surface area contributed by atoms with E-state index in [4.69, 9.17) is 4.74 Å². The Morgan fingerprint density at radius 1 is 1.16 bits per heavy atom. The lowest BCUT2D eigenvalue weighted by Crippen LogP contribution is -2.39. The van der Waals surface area contributed by atoms with Gasteiger partial charge in [-0.15, -0.1) is 0 Å². The van der Waals surface area contributed by atoms with Gasteiger partial charge in [0, 0.05) is 25.7 Å². The van der Waals surface area contributed by atoms with Gasteiger partial charge < -0.3 is 15.0 Å². The van der Waals surface area contributed by atoms with Crippen LogP contribution >= 0.6 is 0 Å². The second-order valence-corrected chi connectivity index (χ2v) is 6.65. The van der Waals surface area contributed by atoms with E-state index in [0.29, 0.717) is 18.3 Å². The van der Waals surface area contributed by atoms with Crippen molar-refractivity contribution in [2.75, 3.05) is 34.3 Å². The number of carbonyl (C=O) groups is 2. The summed E-state index contributed by atoms with van der Waals surface area (Å²) in [6.45, 7) is 6.44. The molecule has 0 saturated carbocycles. The van der Waals surface area contributed by atoms with Crippen LogP contribution in [0.1, 0.15) is 38.8 Å². The average Bonchev–Trinajstić information content (AvgIpc) is 2.57. The summed E-state index contributed by atoms with van der Waals surface area (Å²) in [6.07, 6.45) is 0.735. The molecule has 6 nitrogen and oxygen atoms in total. The van der Waals surface area contributed by atoms with Gasteiger partial charge in [-0.3, -0.25) is 14.5 Å². The van der Waals surface area contributed by atoms with Gasteiger partial charge in [0.2, 0.25) is 5.91 Å². The highest BCUT2D eigenvalue weighted by Gasteiger charge is 2.19. The normalized spacial score (nSPS) is 12.2. The van der Waals surface area contributed by atoms with Crippen molar-refractivity contribution in [3.63, 3.8) is 0 Å². The predicted octanol–water partition coefficient (Wildman–Crippen LogP) is 2.06. The molecule has 0 saturated heterocycles. The quantitative estimate of drug-likeness (QED) is 0.741. The summed E-state index contributed by atoms with van der Waals surface area (Å²) in [5.41, 5.74) is 0.886. The van der Waals surface area contributed by atoms with Crippen LogP contribution in [0, 0.1) is 0 Å². The van der Waals surface area contributed by atoms with Crippen molar-refractivity contribution in [1.82, 2.24) is 15.1 Å². The van der Waals surface area contributed by atoms with Crippen molar-refractivity contribution >= 4 is 11.8 Å². The Hall–Kier alpha value is -2.08. The molecule has 1 aromatic carbocycles. The van der Waals surface area contributed by atoms with Crippen LogP contribution in [0.3, 0.4) is 0 Å². The minimum atomic E-state index is -0.154. The van der Waals surface area contributed by atoms with E-state index in [9.17, 15) is 9.59 Å². The average molecular weight is 349 g/mol. The molecular weight excluding hydrogens is 318 g/mol. The van der Waals surface area contributed by atoms with Gasteiger partial charge in [-0.2, -0.15) is 0 Å². The molecule has 0 aliphatic carbocycles. The number of carbonyl (C=O) groups excluding carboxylic acids is 2. The van der Waals surface area contributed by atoms with Crippen molar-refractivity contribution < 1.29 is 14.3 Å². The lowest BCUT2D eigenvalue weighted by Gasteiger charge is -2.24. The first-order valence-electron chi connectivity index (χ1n) is 8.67. The number of nitrogens with one attached hydrogen (secondary N) is 1. The van der Waals surface area contributed by atoms with E-state index in [2.05, 4.69) is 19.2 Å². The molecular formula is C19H31N3O3. The third-order valence-corrected chi connectivity index (χ3v) is 4.16. The van der Waals surface area contributed by atoms with Crippen LogP contribution in [-0.2, 0) is 9.59 Å². The zero-order chi connectivity index (χ0) is 19.0. The molecule has 2 amide bonds. The molecule has 0 aliphatic rings. The van der Waals surface area contributed by atoms with E-state index in [1.807, 2.05) is 43.1 Å². The van der Waals surface area contributed by atoms with Gasteiger partial charge in [0.25, 0.3) is 5.91 Å². The first kappa shape index (κ1) is 21.0. The molecule has 0 aliphatic heterocycles. The van der Waals surface area contributed by atoms with Crippen LogP contribution < -0.4 is 10.1 Å². The molecule has 0 spiro atoms. The summed E-state index contributed by atoms with van der Waals surface area (Å²) < 4.78 is 5.69. The number of benzene rings is 1. The van der Waals surface area contributed by atoms with Gasteiger partial charge in [0.15, 0.2) is 6.61 Å². The maximum Gasteiger partial charge on any atom is 0.259 e. The summed E-state index contributed by atoms with van der Waals surface area (Å²) >= 11 is 0. The Morgan fingerprint density at radius 3 is 2.36 bits per heavy atom. The molecule has 0 radical (unpaired) electrons. The first-order chi connectivity index (χ1) is 11.8. The fourth-order valence-electron chi connectivity index (χ4n) is 2.22. The van der Waals surface area contributed by atoms with Gasteiger partial charge in [-0.25, -0.2) is 0 Å². The molecule has 0 unspecified atom stereocenters. The number of para-hydroxylation sites is 1. The minimum absolute atomic E-state index is 0.0233. The van der Waals surface area contributed by atoms with Crippen molar-refractivity contribution in [3.05, 3.63) is 29.8 Å². The molecule has 0 heterocycles. The fraction of sp³-hybridized carbons (Fsp3) is 0.579. The van der Waals surface area contributed by atoms with Crippen molar-refractivity contribution in [2.45, 2.75) is 39.3 Å². The lowest BCUT2D eigenvalue weighted by molar-refractivity contribution is -0.130. The second-order valence-electron chi connectivity index (χ2n) is 6.65. The van der Waals surface area contributed by atoms with Crippen molar-refractivity contribution in [1.29, 1.82) is 0 Å². The topological polar surface area (TPSA) is 61.9 Å². The van der Waals surface area contributed by atoms with Gasteiger partial charge in [0.1, 0.15) is 5.75 Å². The molecule has 0 aromatic heterocycles. The van der Waals surface area contributed by atoms with Crippen LogP contribution in [0.15, 0.2) is 24.3 Å². The van der Waals surface area contributed by atoms with Gasteiger partial charge in [-0.05, 0) is 33.4 Å². The molecule has 0 fully saturated rings. The highest BCUT2D eigenvalue weighted by molar-refractivity contribution is 5.79. The van der Waals surface area contributed by atoms with Crippen LogP contribution in [-0.4, -0.2) is 62.0 Å². The van der Waals surface area contributed by atoms with E-state index in [-0.39, 0.29) is 24.5 Å². The molecule has 1 aromatic rings. The summed E-state index contributed by atoms with van der Waals surface area (Å²) in [6, 6.07) is 7.67. The number of amides is 2. The van der Waals surface area contributed by atoms with Gasteiger partial charge in [0.05, 0.1) is 12.6 Å². The predicted molar refractivity (Wildman–Crippen MR) is 99.6 cm³/mol. The first-order valence-corrected chi connectivity index (χ1v) is 8.67. The Labute approximate surface area is 151 Å². The standard InChI is InChI=1S/C19H31N3O3/c1-7-16(20-18(23)12-22(6)14(2)3)15-10-8-9-11-17(15)25-13-19(24)21(4)5/h8-11,14,16H,7,12-13H2,1-6H3,(H,20,23)/t16-/m1/s1. The van der Waals surface area contributed by atoms with E-state index < -0.39 is 0 Å². The maximum absolute atomic E-state index is 12.3. The zero-order valence-electron chi connectivity index (χ0n) is 16.2. The number of hydrogen-bond acceptors (Lipinski definition) is 4. The largest absolute Gasteiger partial charge is 0.483 e.